The number of carbonyl (C=O) groups is 2. The van der Waals surface area contributed by atoms with Crippen LogP contribution in [0.1, 0.15) is 42.8 Å². The quantitative estimate of drug-likeness (QED) is 0.785. The third-order valence-electron chi connectivity index (χ3n) is 4.78. The van der Waals surface area contributed by atoms with Gasteiger partial charge in [-0.1, -0.05) is 26.0 Å². The Morgan fingerprint density at radius 2 is 1.93 bits per heavy atom. The summed E-state index contributed by atoms with van der Waals surface area (Å²) in [5, 5.41) is 5.70. The number of benzene rings is 1. The molecule has 2 amide bonds. The highest BCUT2D eigenvalue weighted by Crippen LogP contribution is 2.17. The number of hydrogen-bond acceptors (Lipinski definition) is 4. The van der Waals surface area contributed by atoms with Gasteiger partial charge in [0.25, 0.3) is 5.91 Å². The van der Waals surface area contributed by atoms with Crippen molar-refractivity contribution in [1.29, 1.82) is 0 Å². The summed E-state index contributed by atoms with van der Waals surface area (Å²) >= 11 is 0. The molecule has 0 aliphatic carbocycles. The smallest absolute Gasteiger partial charge is 0.287 e. The molecule has 2 N–H and O–H groups in total. The standard InChI is InChI=1S/C21H27N3O3/c1-15(2)19(23-20(25)18-9-6-12-27-18)21(26)22-17-8-5-7-16(13-17)14-24-10-3-4-11-24/h5-9,12-13,15,19H,3-4,10-11,14H2,1-2H3,(H,22,26)(H,23,25). The summed E-state index contributed by atoms with van der Waals surface area (Å²) in [6.07, 6.45) is 3.94. The molecule has 1 atom stereocenters. The summed E-state index contributed by atoms with van der Waals surface area (Å²) in [7, 11) is 0. The van der Waals surface area contributed by atoms with E-state index in [1.807, 2.05) is 32.0 Å². The van der Waals surface area contributed by atoms with Crippen molar-refractivity contribution in [3.63, 3.8) is 0 Å². The minimum absolute atomic E-state index is 0.0586. The Bertz CT molecular complexity index is 765. The van der Waals surface area contributed by atoms with Crippen molar-refractivity contribution in [1.82, 2.24) is 10.2 Å². The molecule has 6 nitrogen and oxygen atoms in total. The fraction of sp³-hybridized carbons (Fsp3) is 0.429. The van der Waals surface area contributed by atoms with E-state index >= 15 is 0 Å². The van der Waals surface area contributed by atoms with Crippen molar-refractivity contribution in [3.05, 3.63) is 54.0 Å². The van der Waals surface area contributed by atoms with Crippen LogP contribution in [0.25, 0.3) is 0 Å². The minimum Gasteiger partial charge on any atom is -0.459 e. The van der Waals surface area contributed by atoms with E-state index in [2.05, 4.69) is 21.6 Å². The fourth-order valence-electron chi connectivity index (χ4n) is 3.32. The van der Waals surface area contributed by atoms with E-state index < -0.39 is 11.9 Å². The average molecular weight is 369 g/mol. The van der Waals surface area contributed by atoms with Gasteiger partial charge in [-0.2, -0.15) is 0 Å². The lowest BCUT2D eigenvalue weighted by atomic mass is 10.0. The van der Waals surface area contributed by atoms with Gasteiger partial charge >= 0.3 is 0 Å². The molecule has 1 aromatic carbocycles. The fourth-order valence-corrected chi connectivity index (χ4v) is 3.32. The Kier molecular flexibility index (Phi) is 6.29. The van der Waals surface area contributed by atoms with Gasteiger partial charge in [0.2, 0.25) is 5.91 Å². The Labute approximate surface area is 159 Å². The van der Waals surface area contributed by atoms with E-state index in [4.69, 9.17) is 4.42 Å². The van der Waals surface area contributed by atoms with Crippen molar-refractivity contribution in [2.45, 2.75) is 39.3 Å². The van der Waals surface area contributed by atoms with Crippen molar-refractivity contribution in [3.8, 4) is 0 Å². The Morgan fingerprint density at radius 3 is 2.59 bits per heavy atom. The zero-order valence-corrected chi connectivity index (χ0v) is 15.9. The largest absolute Gasteiger partial charge is 0.459 e. The topological polar surface area (TPSA) is 74.6 Å². The number of nitrogens with one attached hydrogen (secondary N) is 2. The van der Waals surface area contributed by atoms with E-state index in [-0.39, 0.29) is 17.6 Å². The van der Waals surface area contributed by atoms with Crippen molar-refractivity contribution < 1.29 is 14.0 Å². The predicted molar refractivity (Wildman–Crippen MR) is 104 cm³/mol. The number of anilines is 1. The number of rotatable bonds is 7. The third-order valence-corrected chi connectivity index (χ3v) is 4.78. The summed E-state index contributed by atoms with van der Waals surface area (Å²) in [5.74, 6) is -0.488. The highest BCUT2D eigenvalue weighted by Gasteiger charge is 2.25. The van der Waals surface area contributed by atoms with Crippen molar-refractivity contribution in [2.24, 2.45) is 5.92 Å². The molecule has 1 aromatic heterocycles. The second-order valence-electron chi connectivity index (χ2n) is 7.35. The molecule has 0 radical (unpaired) electrons. The number of nitrogens with zero attached hydrogens (tertiary/aromatic N) is 1. The summed E-state index contributed by atoms with van der Waals surface area (Å²) < 4.78 is 5.10. The first-order valence-corrected chi connectivity index (χ1v) is 9.49. The first-order chi connectivity index (χ1) is 13.0. The van der Waals surface area contributed by atoms with Crippen LogP contribution in [-0.2, 0) is 11.3 Å². The molecule has 1 fully saturated rings. The van der Waals surface area contributed by atoms with Gasteiger partial charge in [-0.05, 0) is 61.7 Å². The minimum atomic E-state index is -0.648. The van der Waals surface area contributed by atoms with Gasteiger partial charge in [0.1, 0.15) is 6.04 Å². The van der Waals surface area contributed by atoms with Crippen LogP contribution in [0.5, 0.6) is 0 Å². The molecule has 1 saturated heterocycles. The van der Waals surface area contributed by atoms with Crippen LogP contribution >= 0.6 is 0 Å². The molecule has 2 aromatic rings. The lowest BCUT2D eigenvalue weighted by molar-refractivity contribution is -0.118. The molecule has 144 valence electrons. The van der Waals surface area contributed by atoms with E-state index in [0.717, 1.165) is 25.3 Å². The molecule has 0 bridgehead atoms. The Morgan fingerprint density at radius 1 is 1.15 bits per heavy atom. The second-order valence-corrected chi connectivity index (χ2v) is 7.35. The normalized spacial score (nSPS) is 15.7. The molecular weight excluding hydrogens is 342 g/mol. The highest BCUT2D eigenvalue weighted by atomic mass is 16.3. The molecule has 1 aliphatic heterocycles. The van der Waals surface area contributed by atoms with Gasteiger partial charge in [-0.3, -0.25) is 14.5 Å². The first-order valence-electron chi connectivity index (χ1n) is 9.49. The van der Waals surface area contributed by atoms with Crippen LogP contribution in [0.4, 0.5) is 5.69 Å². The summed E-state index contributed by atoms with van der Waals surface area (Å²) in [5.41, 5.74) is 1.92. The van der Waals surface area contributed by atoms with Crippen LogP contribution < -0.4 is 10.6 Å². The Hall–Kier alpha value is -2.60. The van der Waals surface area contributed by atoms with E-state index in [9.17, 15) is 9.59 Å². The van der Waals surface area contributed by atoms with Gasteiger partial charge in [0, 0.05) is 12.2 Å². The van der Waals surface area contributed by atoms with Gasteiger partial charge in [0.15, 0.2) is 5.76 Å². The molecule has 6 heteroatoms. The number of amides is 2. The maximum absolute atomic E-state index is 12.7. The summed E-state index contributed by atoms with van der Waals surface area (Å²) in [6, 6.07) is 10.5. The van der Waals surface area contributed by atoms with Gasteiger partial charge in [-0.15, -0.1) is 0 Å². The maximum Gasteiger partial charge on any atom is 0.287 e. The van der Waals surface area contributed by atoms with Gasteiger partial charge in [-0.25, -0.2) is 0 Å². The zero-order chi connectivity index (χ0) is 19.2. The van der Waals surface area contributed by atoms with Gasteiger partial charge in [0.05, 0.1) is 6.26 Å². The summed E-state index contributed by atoms with van der Waals surface area (Å²) in [4.78, 5) is 27.4. The SMILES string of the molecule is CC(C)C(NC(=O)c1ccco1)C(=O)Nc1cccc(CN2CCCC2)c1. The monoisotopic (exact) mass is 369 g/mol. The van der Waals surface area contributed by atoms with E-state index in [0.29, 0.717) is 0 Å². The van der Waals surface area contributed by atoms with Crippen LogP contribution in [0.2, 0.25) is 0 Å². The third kappa shape index (κ3) is 5.20. The number of likely N-dealkylation sites (tertiary alicyclic amines) is 1. The molecule has 0 saturated carbocycles. The molecule has 3 rings (SSSR count). The van der Waals surface area contributed by atoms with Crippen LogP contribution in [0.3, 0.4) is 0 Å². The highest BCUT2D eigenvalue weighted by molar-refractivity contribution is 6.00. The average Bonchev–Trinajstić information content (AvgIpc) is 3.33. The van der Waals surface area contributed by atoms with E-state index in [1.165, 1.54) is 24.7 Å². The van der Waals surface area contributed by atoms with Crippen molar-refractivity contribution >= 4 is 17.5 Å². The van der Waals surface area contributed by atoms with Gasteiger partial charge < -0.3 is 15.1 Å². The van der Waals surface area contributed by atoms with Crippen LogP contribution in [0, 0.1) is 5.92 Å². The number of carbonyl (C=O) groups excluding carboxylic acids is 2. The van der Waals surface area contributed by atoms with Crippen molar-refractivity contribution in [2.75, 3.05) is 18.4 Å². The molecule has 2 heterocycles. The summed E-state index contributed by atoms with van der Waals surface area (Å²) in [6.45, 7) is 6.95. The van der Waals surface area contributed by atoms with E-state index in [1.54, 1.807) is 12.1 Å². The maximum atomic E-state index is 12.7. The van der Waals surface area contributed by atoms with Crippen LogP contribution in [0.15, 0.2) is 47.1 Å². The number of hydrogen-bond donors (Lipinski definition) is 2. The molecule has 0 spiro atoms. The Balaban J connectivity index is 1.63. The second kappa shape index (κ2) is 8.86. The predicted octanol–water partition coefficient (Wildman–Crippen LogP) is 3.27. The number of furan rings is 1. The molecule has 27 heavy (non-hydrogen) atoms. The molecular formula is C21H27N3O3. The lowest BCUT2D eigenvalue weighted by Gasteiger charge is -2.21. The first kappa shape index (κ1) is 19.2. The van der Waals surface area contributed by atoms with Crippen LogP contribution in [-0.4, -0.2) is 35.8 Å². The zero-order valence-electron chi connectivity index (χ0n) is 15.9. The molecule has 1 aliphatic rings. The lowest BCUT2D eigenvalue weighted by Crippen LogP contribution is -2.47. The molecule has 1 unspecified atom stereocenters.